The Morgan fingerprint density at radius 3 is 2.89 bits per heavy atom. The normalized spacial score (nSPS) is 10.8. The maximum absolute atomic E-state index is 5.12. The highest BCUT2D eigenvalue weighted by Gasteiger charge is 2.01. The fraction of sp³-hybridized carbons (Fsp3) is 0.429. The van der Waals surface area contributed by atoms with Crippen LogP contribution in [-0.2, 0) is 24.3 Å². The molecule has 0 saturated heterocycles. The van der Waals surface area contributed by atoms with Crippen molar-refractivity contribution in [1.82, 2.24) is 15.5 Å². The lowest BCUT2D eigenvalue weighted by atomic mass is 10.1. The maximum atomic E-state index is 5.12. The SMILES string of the molecule is COCc1cccc(CNCCc2noc(C)n2)c1. The summed E-state index contributed by atoms with van der Waals surface area (Å²) in [4.78, 5) is 4.16. The second-order valence-corrected chi connectivity index (χ2v) is 4.41. The Morgan fingerprint density at radius 2 is 2.16 bits per heavy atom. The van der Waals surface area contributed by atoms with Crippen molar-refractivity contribution in [3.05, 3.63) is 47.1 Å². The number of aryl methyl sites for hydroxylation is 1. The molecule has 0 unspecified atom stereocenters. The predicted molar refractivity (Wildman–Crippen MR) is 71.6 cm³/mol. The number of hydrogen-bond donors (Lipinski definition) is 1. The zero-order valence-electron chi connectivity index (χ0n) is 11.3. The van der Waals surface area contributed by atoms with Gasteiger partial charge in [0.1, 0.15) is 0 Å². The molecule has 2 rings (SSSR count). The molecule has 0 bridgehead atoms. The summed E-state index contributed by atoms with van der Waals surface area (Å²) in [6, 6.07) is 8.36. The summed E-state index contributed by atoms with van der Waals surface area (Å²) in [7, 11) is 1.71. The molecule has 5 nitrogen and oxygen atoms in total. The van der Waals surface area contributed by atoms with Crippen LogP contribution in [0, 0.1) is 6.92 Å². The van der Waals surface area contributed by atoms with Gasteiger partial charge in [-0.1, -0.05) is 29.4 Å². The fourth-order valence-electron chi connectivity index (χ4n) is 1.87. The van der Waals surface area contributed by atoms with Crippen LogP contribution in [0.5, 0.6) is 0 Å². The van der Waals surface area contributed by atoms with Gasteiger partial charge in [-0.25, -0.2) is 0 Å². The Balaban J connectivity index is 1.74. The van der Waals surface area contributed by atoms with Gasteiger partial charge in [0.15, 0.2) is 5.82 Å². The number of hydrogen-bond acceptors (Lipinski definition) is 5. The van der Waals surface area contributed by atoms with Crippen LogP contribution in [0.2, 0.25) is 0 Å². The van der Waals surface area contributed by atoms with Gasteiger partial charge < -0.3 is 14.6 Å². The second kappa shape index (κ2) is 7.01. The number of rotatable bonds is 7. The van der Waals surface area contributed by atoms with Crippen molar-refractivity contribution in [2.24, 2.45) is 0 Å². The first kappa shape index (κ1) is 13.7. The van der Waals surface area contributed by atoms with Crippen LogP contribution in [0.15, 0.2) is 28.8 Å². The molecule has 0 aliphatic heterocycles. The molecule has 0 aliphatic carbocycles. The first-order valence-electron chi connectivity index (χ1n) is 6.34. The minimum Gasteiger partial charge on any atom is -0.380 e. The zero-order chi connectivity index (χ0) is 13.5. The van der Waals surface area contributed by atoms with Crippen molar-refractivity contribution in [2.45, 2.75) is 26.5 Å². The van der Waals surface area contributed by atoms with Crippen molar-refractivity contribution in [3.63, 3.8) is 0 Å². The standard InChI is InChI=1S/C14H19N3O2/c1-11-16-14(17-19-11)6-7-15-9-12-4-3-5-13(8-12)10-18-2/h3-5,8,15H,6-7,9-10H2,1-2H3. The molecule has 0 radical (unpaired) electrons. The molecule has 2 aromatic rings. The van der Waals surface area contributed by atoms with E-state index in [9.17, 15) is 0 Å². The van der Waals surface area contributed by atoms with E-state index < -0.39 is 0 Å². The van der Waals surface area contributed by atoms with Gasteiger partial charge in [0.2, 0.25) is 5.89 Å². The predicted octanol–water partition coefficient (Wildman–Crippen LogP) is 1.86. The highest BCUT2D eigenvalue weighted by atomic mass is 16.5. The Labute approximate surface area is 113 Å². The molecule has 1 aromatic heterocycles. The van der Waals surface area contributed by atoms with Crippen LogP contribution in [-0.4, -0.2) is 23.8 Å². The minimum absolute atomic E-state index is 0.613. The molecule has 0 atom stereocenters. The van der Waals surface area contributed by atoms with E-state index in [1.165, 1.54) is 11.1 Å². The van der Waals surface area contributed by atoms with E-state index in [-0.39, 0.29) is 0 Å². The summed E-state index contributed by atoms with van der Waals surface area (Å²) in [5.41, 5.74) is 2.44. The van der Waals surface area contributed by atoms with Crippen LogP contribution in [0.4, 0.5) is 0 Å². The molecule has 0 amide bonds. The van der Waals surface area contributed by atoms with Crippen molar-refractivity contribution in [1.29, 1.82) is 0 Å². The van der Waals surface area contributed by atoms with Crippen LogP contribution in [0.25, 0.3) is 0 Å². The molecule has 1 aromatic carbocycles. The van der Waals surface area contributed by atoms with Crippen molar-refractivity contribution < 1.29 is 9.26 Å². The molecule has 19 heavy (non-hydrogen) atoms. The van der Waals surface area contributed by atoms with Gasteiger partial charge >= 0.3 is 0 Å². The molecule has 0 aliphatic rings. The Kier molecular flexibility index (Phi) is 5.06. The molecular weight excluding hydrogens is 242 g/mol. The molecule has 0 fully saturated rings. The Morgan fingerprint density at radius 1 is 1.32 bits per heavy atom. The van der Waals surface area contributed by atoms with E-state index in [0.29, 0.717) is 12.5 Å². The van der Waals surface area contributed by atoms with Gasteiger partial charge in [0.05, 0.1) is 6.61 Å². The summed E-state index contributed by atoms with van der Waals surface area (Å²) in [5.74, 6) is 1.36. The first-order valence-corrected chi connectivity index (χ1v) is 6.34. The minimum atomic E-state index is 0.613. The van der Waals surface area contributed by atoms with E-state index in [2.05, 4.69) is 33.7 Å². The van der Waals surface area contributed by atoms with E-state index >= 15 is 0 Å². The van der Waals surface area contributed by atoms with E-state index in [0.717, 1.165) is 25.3 Å². The highest BCUT2D eigenvalue weighted by molar-refractivity contribution is 5.22. The number of aromatic nitrogens is 2. The van der Waals surface area contributed by atoms with Gasteiger partial charge in [-0.3, -0.25) is 0 Å². The smallest absolute Gasteiger partial charge is 0.223 e. The van der Waals surface area contributed by atoms with Gasteiger partial charge in [0, 0.05) is 33.5 Å². The van der Waals surface area contributed by atoms with Crippen molar-refractivity contribution >= 4 is 0 Å². The Hall–Kier alpha value is -1.72. The second-order valence-electron chi connectivity index (χ2n) is 4.41. The lowest BCUT2D eigenvalue weighted by Gasteiger charge is -2.06. The molecule has 5 heteroatoms. The number of methoxy groups -OCH3 is 1. The molecule has 1 N–H and O–H groups in total. The van der Waals surface area contributed by atoms with Crippen LogP contribution < -0.4 is 5.32 Å². The summed E-state index contributed by atoms with van der Waals surface area (Å²) < 4.78 is 10.0. The average molecular weight is 261 g/mol. The summed E-state index contributed by atoms with van der Waals surface area (Å²) >= 11 is 0. The average Bonchev–Trinajstić information content (AvgIpc) is 2.82. The van der Waals surface area contributed by atoms with Gasteiger partial charge in [0.25, 0.3) is 0 Å². The van der Waals surface area contributed by atoms with Crippen LogP contribution in [0.3, 0.4) is 0 Å². The van der Waals surface area contributed by atoms with E-state index in [1.807, 2.05) is 6.07 Å². The van der Waals surface area contributed by atoms with Gasteiger partial charge in [-0.05, 0) is 11.1 Å². The largest absolute Gasteiger partial charge is 0.380 e. The molecule has 1 heterocycles. The number of nitrogens with zero attached hydrogens (tertiary/aromatic N) is 2. The topological polar surface area (TPSA) is 60.2 Å². The van der Waals surface area contributed by atoms with Crippen molar-refractivity contribution in [3.8, 4) is 0 Å². The fourth-order valence-corrected chi connectivity index (χ4v) is 1.87. The van der Waals surface area contributed by atoms with Crippen LogP contribution in [0.1, 0.15) is 22.8 Å². The quantitative estimate of drug-likeness (QED) is 0.771. The zero-order valence-corrected chi connectivity index (χ0v) is 11.3. The third-order valence-electron chi connectivity index (χ3n) is 2.73. The monoisotopic (exact) mass is 261 g/mol. The number of nitrogens with one attached hydrogen (secondary N) is 1. The lowest BCUT2D eigenvalue weighted by Crippen LogP contribution is -2.17. The summed E-state index contributed by atoms with van der Waals surface area (Å²) in [5, 5.41) is 7.22. The third-order valence-corrected chi connectivity index (χ3v) is 2.73. The number of benzene rings is 1. The molecule has 0 saturated carbocycles. The molecule has 102 valence electrons. The summed E-state index contributed by atoms with van der Waals surface area (Å²) in [6.07, 6.45) is 0.773. The van der Waals surface area contributed by atoms with Crippen LogP contribution >= 0.6 is 0 Å². The first-order chi connectivity index (χ1) is 9.28. The maximum Gasteiger partial charge on any atom is 0.223 e. The Bertz CT molecular complexity index is 511. The van der Waals surface area contributed by atoms with E-state index in [4.69, 9.17) is 9.26 Å². The molecule has 0 spiro atoms. The van der Waals surface area contributed by atoms with Gasteiger partial charge in [-0.15, -0.1) is 0 Å². The van der Waals surface area contributed by atoms with Gasteiger partial charge in [-0.2, -0.15) is 4.98 Å². The lowest BCUT2D eigenvalue weighted by molar-refractivity contribution is 0.185. The van der Waals surface area contributed by atoms with E-state index in [1.54, 1.807) is 14.0 Å². The molecular formula is C14H19N3O2. The van der Waals surface area contributed by atoms with Crippen molar-refractivity contribution in [2.75, 3.05) is 13.7 Å². The number of ether oxygens (including phenoxy) is 1. The summed E-state index contributed by atoms with van der Waals surface area (Å²) in [6.45, 7) is 4.10. The third kappa shape index (κ3) is 4.46. The highest BCUT2D eigenvalue weighted by Crippen LogP contribution is 2.06.